The largest absolute Gasteiger partial charge is 0.493 e. The standard InChI is InChI=1S/C21H21ClN2O4S2/c1-12-14(22)6-5-7-15(12)23-11-24-20(25)18(30-21(24)29)10-13-8-16(26-2)19(28-4)17(9-13)27-3/h5-10,23H,11H2,1-4H3. The van der Waals surface area contributed by atoms with E-state index in [2.05, 4.69) is 5.32 Å². The van der Waals surface area contributed by atoms with Crippen molar-refractivity contribution >= 4 is 57.6 Å². The summed E-state index contributed by atoms with van der Waals surface area (Å²) >= 11 is 12.8. The molecule has 3 rings (SSSR count). The molecule has 1 heterocycles. The monoisotopic (exact) mass is 464 g/mol. The zero-order chi connectivity index (χ0) is 21.8. The van der Waals surface area contributed by atoms with E-state index >= 15 is 0 Å². The number of thioether (sulfide) groups is 1. The Labute approximate surface area is 190 Å². The molecule has 0 spiro atoms. The molecule has 1 aliphatic rings. The SMILES string of the molecule is COc1cc(C=C2SC(=S)N(CNc3cccc(Cl)c3C)C2=O)cc(OC)c1OC. The quantitative estimate of drug-likeness (QED) is 0.459. The molecule has 0 radical (unpaired) electrons. The van der Waals surface area contributed by atoms with Gasteiger partial charge in [-0.25, -0.2) is 0 Å². The number of rotatable bonds is 7. The first kappa shape index (κ1) is 22.3. The van der Waals surface area contributed by atoms with Crippen molar-refractivity contribution in [2.75, 3.05) is 33.3 Å². The Balaban J connectivity index is 1.82. The van der Waals surface area contributed by atoms with Gasteiger partial charge >= 0.3 is 0 Å². The fourth-order valence-corrected chi connectivity index (χ4v) is 4.37. The molecule has 0 saturated carbocycles. The van der Waals surface area contributed by atoms with E-state index in [4.69, 9.17) is 38.0 Å². The highest BCUT2D eigenvalue weighted by Gasteiger charge is 2.32. The molecule has 2 aromatic rings. The van der Waals surface area contributed by atoms with Gasteiger partial charge in [0.25, 0.3) is 5.91 Å². The van der Waals surface area contributed by atoms with Gasteiger partial charge in [-0.3, -0.25) is 9.69 Å². The first-order chi connectivity index (χ1) is 14.4. The number of thiocarbonyl (C=S) groups is 1. The summed E-state index contributed by atoms with van der Waals surface area (Å²) in [6.45, 7) is 2.16. The second kappa shape index (κ2) is 9.59. The van der Waals surface area contributed by atoms with Crippen LogP contribution in [0.2, 0.25) is 5.02 Å². The minimum Gasteiger partial charge on any atom is -0.493 e. The Morgan fingerprint density at radius 2 is 1.83 bits per heavy atom. The van der Waals surface area contributed by atoms with E-state index in [9.17, 15) is 4.79 Å². The summed E-state index contributed by atoms with van der Waals surface area (Å²) in [5.41, 5.74) is 2.51. The average molecular weight is 465 g/mol. The number of carbonyl (C=O) groups is 1. The third-order valence-corrected chi connectivity index (χ3v) is 6.34. The summed E-state index contributed by atoms with van der Waals surface area (Å²) in [4.78, 5) is 15.0. The van der Waals surface area contributed by atoms with Crippen LogP contribution in [0.15, 0.2) is 35.2 Å². The van der Waals surface area contributed by atoms with E-state index in [1.54, 1.807) is 39.5 Å². The summed E-state index contributed by atoms with van der Waals surface area (Å²) in [5.74, 6) is 1.34. The Morgan fingerprint density at radius 1 is 1.17 bits per heavy atom. The van der Waals surface area contributed by atoms with Gasteiger partial charge in [0.05, 0.1) is 32.9 Å². The molecule has 9 heteroatoms. The third kappa shape index (κ3) is 4.50. The highest BCUT2D eigenvalue weighted by Crippen LogP contribution is 2.40. The molecule has 30 heavy (non-hydrogen) atoms. The molecular weight excluding hydrogens is 444 g/mol. The summed E-state index contributed by atoms with van der Waals surface area (Å²) < 4.78 is 16.6. The topological polar surface area (TPSA) is 60.0 Å². The second-order valence-corrected chi connectivity index (χ2v) is 8.40. The number of amides is 1. The Hall–Kier alpha value is -2.42. The summed E-state index contributed by atoms with van der Waals surface area (Å²) in [7, 11) is 4.63. The van der Waals surface area contributed by atoms with Crippen LogP contribution in [0.25, 0.3) is 6.08 Å². The molecule has 158 valence electrons. The lowest BCUT2D eigenvalue weighted by molar-refractivity contribution is -0.121. The second-order valence-electron chi connectivity index (χ2n) is 6.32. The zero-order valence-electron chi connectivity index (χ0n) is 16.9. The fraction of sp³-hybridized carbons (Fsp3) is 0.238. The molecule has 1 saturated heterocycles. The van der Waals surface area contributed by atoms with E-state index in [0.29, 0.717) is 31.5 Å². The number of ether oxygens (including phenoxy) is 3. The average Bonchev–Trinajstić information content (AvgIpc) is 3.00. The van der Waals surface area contributed by atoms with Gasteiger partial charge < -0.3 is 19.5 Å². The van der Waals surface area contributed by atoms with Crippen LogP contribution in [0.1, 0.15) is 11.1 Å². The van der Waals surface area contributed by atoms with Gasteiger partial charge in [-0.15, -0.1) is 0 Å². The van der Waals surface area contributed by atoms with E-state index in [1.807, 2.05) is 25.1 Å². The van der Waals surface area contributed by atoms with Gasteiger partial charge in [-0.1, -0.05) is 41.6 Å². The maximum Gasteiger partial charge on any atom is 0.267 e. The van der Waals surface area contributed by atoms with Crippen molar-refractivity contribution < 1.29 is 19.0 Å². The third-order valence-electron chi connectivity index (χ3n) is 4.55. The maximum atomic E-state index is 12.9. The molecule has 0 unspecified atom stereocenters. The molecule has 1 amide bonds. The lowest BCUT2D eigenvalue weighted by Gasteiger charge is -2.17. The van der Waals surface area contributed by atoms with Crippen molar-refractivity contribution in [3.63, 3.8) is 0 Å². The lowest BCUT2D eigenvalue weighted by atomic mass is 10.1. The summed E-state index contributed by atoms with van der Waals surface area (Å²) in [5, 5.41) is 3.89. The van der Waals surface area contributed by atoms with Crippen LogP contribution in [-0.4, -0.2) is 43.1 Å². The molecule has 1 N–H and O–H groups in total. The Morgan fingerprint density at radius 3 is 2.43 bits per heavy atom. The maximum absolute atomic E-state index is 12.9. The van der Waals surface area contributed by atoms with E-state index < -0.39 is 0 Å². The number of hydrogen-bond donors (Lipinski definition) is 1. The van der Waals surface area contributed by atoms with Gasteiger partial charge in [0.15, 0.2) is 11.5 Å². The van der Waals surface area contributed by atoms with Gasteiger partial charge in [-0.05, 0) is 48.4 Å². The normalized spacial score (nSPS) is 15.0. The fourth-order valence-electron chi connectivity index (χ4n) is 2.94. The van der Waals surface area contributed by atoms with Gasteiger partial charge in [0, 0.05) is 10.7 Å². The first-order valence-corrected chi connectivity index (χ1v) is 10.5. The minimum atomic E-state index is -0.175. The molecule has 6 nitrogen and oxygen atoms in total. The molecule has 1 aliphatic heterocycles. The van der Waals surface area contributed by atoms with Crippen LogP contribution in [0, 0.1) is 6.92 Å². The number of anilines is 1. The van der Waals surface area contributed by atoms with Crippen LogP contribution >= 0.6 is 35.6 Å². The smallest absolute Gasteiger partial charge is 0.267 e. The number of nitrogens with one attached hydrogen (secondary N) is 1. The van der Waals surface area contributed by atoms with Crippen molar-refractivity contribution in [3.05, 3.63) is 51.4 Å². The Kier molecular flexibility index (Phi) is 7.12. The molecule has 1 fully saturated rings. The molecule has 0 aliphatic carbocycles. The molecular formula is C21H21ClN2O4S2. The molecule has 0 aromatic heterocycles. The van der Waals surface area contributed by atoms with Crippen molar-refractivity contribution in [3.8, 4) is 17.2 Å². The van der Waals surface area contributed by atoms with Crippen LogP contribution in [0.5, 0.6) is 17.2 Å². The first-order valence-electron chi connectivity index (χ1n) is 8.94. The van der Waals surface area contributed by atoms with Gasteiger partial charge in [-0.2, -0.15) is 0 Å². The van der Waals surface area contributed by atoms with Gasteiger partial charge in [0.1, 0.15) is 4.32 Å². The molecule has 0 atom stereocenters. The van der Waals surface area contributed by atoms with Gasteiger partial charge in [0.2, 0.25) is 5.75 Å². The van der Waals surface area contributed by atoms with Crippen LogP contribution < -0.4 is 19.5 Å². The summed E-state index contributed by atoms with van der Waals surface area (Å²) in [6.07, 6.45) is 1.76. The van der Waals surface area contributed by atoms with Crippen molar-refractivity contribution in [2.45, 2.75) is 6.92 Å². The Bertz CT molecular complexity index is 1000. The van der Waals surface area contributed by atoms with Crippen molar-refractivity contribution in [1.82, 2.24) is 4.90 Å². The van der Waals surface area contributed by atoms with E-state index in [1.165, 1.54) is 16.7 Å². The zero-order valence-corrected chi connectivity index (χ0v) is 19.3. The predicted octanol–water partition coefficient (Wildman–Crippen LogP) is 4.95. The molecule has 2 aromatic carbocycles. The van der Waals surface area contributed by atoms with Crippen LogP contribution in [-0.2, 0) is 4.79 Å². The number of carbonyl (C=O) groups excluding carboxylic acids is 1. The van der Waals surface area contributed by atoms with E-state index in [-0.39, 0.29) is 12.6 Å². The number of halogens is 1. The van der Waals surface area contributed by atoms with Crippen LogP contribution in [0.4, 0.5) is 5.69 Å². The highest BCUT2D eigenvalue weighted by atomic mass is 35.5. The minimum absolute atomic E-state index is 0.175. The number of nitrogens with zero attached hydrogens (tertiary/aromatic N) is 1. The number of methoxy groups -OCH3 is 3. The summed E-state index contributed by atoms with van der Waals surface area (Å²) in [6, 6.07) is 9.14. The van der Waals surface area contributed by atoms with Crippen LogP contribution in [0.3, 0.4) is 0 Å². The van der Waals surface area contributed by atoms with E-state index in [0.717, 1.165) is 16.8 Å². The lowest BCUT2D eigenvalue weighted by Crippen LogP contribution is -2.33. The number of benzene rings is 2. The number of hydrogen-bond acceptors (Lipinski definition) is 7. The van der Waals surface area contributed by atoms with Crippen molar-refractivity contribution in [2.24, 2.45) is 0 Å². The molecule has 0 bridgehead atoms. The predicted molar refractivity (Wildman–Crippen MR) is 126 cm³/mol. The van der Waals surface area contributed by atoms with Crippen molar-refractivity contribution in [1.29, 1.82) is 0 Å². The highest BCUT2D eigenvalue weighted by molar-refractivity contribution is 8.26.